The third-order valence-corrected chi connectivity index (χ3v) is 4.91. The average Bonchev–Trinajstić information content (AvgIpc) is 2.75. The van der Waals surface area contributed by atoms with Gasteiger partial charge in [0.2, 0.25) is 0 Å². The molecular weight excluding hydrogens is 322 g/mol. The molecule has 7 heteroatoms. The van der Waals surface area contributed by atoms with Crippen molar-refractivity contribution in [2.45, 2.75) is 51.2 Å². The standard InChI is InChI=1S/C13H24BrN5O/c1-4-20-13(7-5-9(2)6-8-13)11(16-15)10-12(14)17-18-19(10)3/h9,11,16H,4-8,15H2,1-3H3. The molecule has 1 unspecified atom stereocenters. The fourth-order valence-electron chi connectivity index (χ4n) is 3.18. The minimum absolute atomic E-state index is 0.121. The normalized spacial score (nSPS) is 28.6. The Morgan fingerprint density at radius 3 is 2.65 bits per heavy atom. The van der Waals surface area contributed by atoms with Crippen molar-refractivity contribution in [3.8, 4) is 0 Å². The molecule has 1 heterocycles. The fraction of sp³-hybridized carbons (Fsp3) is 0.846. The van der Waals surface area contributed by atoms with E-state index in [4.69, 9.17) is 10.6 Å². The van der Waals surface area contributed by atoms with Crippen LogP contribution in [0.5, 0.6) is 0 Å². The van der Waals surface area contributed by atoms with Gasteiger partial charge in [-0.1, -0.05) is 12.1 Å². The summed E-state index contributed by atoms with van der Waals surface area (Å²) in [5, 5.41) is 8.12. The number of aryl methyl sites for hydroxylation is 1. The van der Waals surface area contributed by atoms with Crippen molar-refractivity contribution < 1.29 is 4.74 Å². The molecule has 0 aliphatic heterocycles. The zero-order valence-corrected chi connectivity index (χ0v) is 14.0. The van der Waals surface area contributed by atoms with Gasteiger partial charge >= 0.3 is 0 Å². The first-order valence-corrected chi connectivity index (χ1v) is 7.98. The number of hydrazine groups is 1. The van der Waals surface area contributed by atoms with Gasteiger partial charge in [-0.2, -0.15) is 0 Å². The van der Waals surface area contributed by atoms with Gasteiger partial charge in [0.25, 0.3) is 0 Å². The van der Waals surface area contributed by atoms with Crippen molar-refractivity contribution in [3.63, 3.8) is 0 Å². The van der Waals surface area contributed by atoms with Crippen LogP contribution in [0.3, 0.4) is 0 Å². The number of ether oxygens (including phenoxy) is 1. The molecule has 114 valence electrons. The minimum atomic E-state index is -0.284. The largest absolute Gasteiger partial charge is 0.373 e. The Labute approximate surface area is 128 Å². The van der Waals surface area contributed by atoms with Crippen LogP contribution >= 0.6 is 15.9 Å². The Hall–Kier alpha value is -0.500. The van der Waals surface area contributed by atoms with Crippen LogP contribution < -0.4 is 11.3 Å². The quantitative estimate of drug-likeness (QED) is 0.630. The molecule has 0 bridgehead atoms. The maximum Gasteiger partial charge on any atom is 0.153 e. The molecule has 0 aromatic carbocycles. The van der Waals surface area contributed by atoms with Crippen molar-refractivity contribution in [3.05, 3.63) is 10.3 Å². The third-order valence-electron chi connectivity index (χ3n) is 4.35. The van der Waals surface area contributed by atoms with E-state index in [2.05, 4.69) is 38.6 Å². The van der Waals surface area contributed by atoms with Gasteiger partial charge in [-0.15, -0.1) is 5.10 Å². The molecule has 1 saturated carbocycles. The zero-order chi connectivity index (χ0) is 14.8. The van der Waals surface area contributed by atoms with Crippen LogP contribution in [0.1, 0.15) is 51.3 Å². The van der Waals surface area contributed by atoms with Crippen LogP contribution in [-0.4, -0.2) is 27.2 Å². The molecule has 1 atom stereocenters. The Morgan fingerprint density at radius 2 is 2.20 bits per heavy atom. The molecule has 6 nitrogen and oxygen atoms in total. The summed E-state index contributed by atoms with van der Waals surface area (Å²) in [5.41, 5.74) is 3.60. The molecule has 1 aliphatic rings. The maximum atomic E-state index is 6.17. The summed E-state index contributed by atoms with van der Waals surface area (Å²) in [5.74, 6) is 6.61. The van der Waals surface area contributed by atoms with Crippen LogP contribution in [0.2, 0.25) is 0 Å². The molecule has 1 aliphatic carbocycles. The molecule has 0 spiro atoms. The predicted molar refractivity (Wildman–Crippen MR) is 80.8 cm³/mol. The second-order valence-electron chi connectivity index (χ2n) is 5.67. The first-order valence-electron chi connectivity index (χ1n) is 7.19. The summed E-state index contributed by atoms with van der Waals surface area (Å²) in [4.78, 5) is 0. The maximum absolute atomic E-state index is 6.17. The second kappa shape index (κ2) is 6.51. The Morgan fingerprint density at radius 1 is 1.55 bits per heavy atom. The number of halogens is 1. The lowest BCUT2D eigenvalue weighted by Crippen LogP contribution is -2.51. The second-order valence-corrected chi connectivity index (χ2v) is 6.42. The highest BCUT2D eigenvalue weighted by Crippen LogP contribution is 2.43. The Balaban J connectivity index is 2.35. The van der Waals surface area contributed by atoms with Gasteiger partial charge in [0.05, 0.1) is 17.3 Å². The van der Waals surface area contributed by atoms with Gasteiger partial charge in [0.15, 0.2) is 4.60 Å². The lowest BCUT2D eigenvalue weighted by Gasteiger charge is -2.44. The third kappa shape index (κ3) is 2.90. The predicted octanol–water partition coefficient (Wildman–Crippen LogP) is 2.07. The van der Waals surface area contributed by atoms with Crippen LogP contribution in [0.25, 0.3) is 0 Å². The summed E-state index contributed by atoms with van der Waals surface area (Å²) < 4.78 is 8.65. The number of hydrogen-bond acceptors (Lipinski definition) is 5. The summed E-state index contributed by atoms with van der Waals surface area (Å²) >= 11 is 3.47. The van der Waals surface area contributed by atoms with E-state index in [0.29, 0.717) is 6.61 Å². The average molecular weight is 346 g/mol. The number of hydrogen-bond donors (Lipinski definition) is 2. The van der Waals surface area contributed by atoms with Crippen molar-refractivity contribution in [1.82, 2.24) is 20.4 Å². The number of nitrogens with zero attached hydrogens (tertiary/aromatic N) is 3. The molecule has 3 N–H and O–H groups in total. The van der Waals surface area contributed by atoms with E-state index in [-0.39, 0.29) is 11.6 Å². The molecule has 1 fully saturated rings. The van der Waals surface area contributed by atoms with Crippen LogP contribution in [0, 0.1) is 5.92 Å². The minimum Gasteiger partial charge on any atom is -0.373 e. The summed E-state index contributed by atoms with van der Waals surface area (Å²) in [6.07, 6.45) is 4.30. The topological polar surface area (TPSA) is 78.0 Å². The van der Waals surface area contributed by atoms with E-state index >= 15 is 0 Å². The van der Waals surface area contributed by atoms with E-state index in [1.165, 1.54) is 0 Å². The number of nitrogens with two attached hydrogens (primary N) is 1. The summed E-state index contributed by atoms with van der Waals surface area (Å²) in [6, 6.07) is -0.121. The zero-order valence-electron chi connectivity index (χ0n) is 12.4. The molecule has 20 heavy (non-hydrogen) atoms. The highest BCUT2D eigenvalue weighted by atomic mass is 79.9. The highest BCUT2D eigenvalue weighted by molar-refractivity contribution is 9.10. The van der Waals surface area contributed by atoms with E-state index in [1.807, 2.05) is 14.0 Å². The smallest absolute Gasteiger partial charge is 0.153 e. The molecule has 1 aromatic rings. The van der Waals surface area contributed by atoms with Crippen molar-refractivity contribution in [1.29, 1.82) is 0 Å². The first-order chi connectivity index (χ1) is 9.54. The Bertz CT molecular complexity index is 422. The lowest BCUT2D eigenvalue weighted by atomic mass is 9.74. The highest BCUT2D eigenvalue weighted by Gasteiger charge is 2.44. The summed E-state index contributed by atoms with van der Waals surface area (Å²) in [7, 11) is 1.88. The van der Waals surface area contributed by atoms with E-state index in [9.17, 15) is 0 Å². The van der Waals surface area contributed by atoms with Gasteiger partial charge in [-0.05, 0) is 54.5 Å². The van der Waals surface area contributed by atoms with Crippen LogP contribution in [-0.2, 0) is 11.8 Å². The van der Waals surface area contributed by atoms with Crippen molar-refractivity contribution >= 4 is 15.9 Å². The van der Waals surface area contributed by atoms with Gasteiger partial charge in [-0.3, -0.25) is 5.84 Å². The van der Waals surface area contributed by atoms with E-state index < -0.39 is 0 Å². The van der Waals surface area contributed by atoms with Gasteiger partial charge in [0.1, 0.15) is 0 Å². The van der Waals surface area contributed by atoms with Crippen LogP contribution in [0.15, 0.2) is 4.60 Å². The summed E-state index contributed by atoms with van der Waals surface area (Å²) in [6.45, 7) is 5.00. The van der Waals surface area contributed by atoms with E-state index in [1.54, 1.807) is 4.68 Å². The van der Waals surface area contributed by atoms with Crippen molar-refractivity contribution in [2.75, 3.05) is 6.61 Å². The number of nitrogens with one attached hydrogen (secondary N) is 1. The molecular formula is C13H24BrN5O. The lowest BCUT2D eigenvalue weighted by molar-refractivity contribution is -0.0993. The first kappa shape index (κ1) is 15.9. The number of aromatic nitrogens is 3. The van der Waals surface area contributed by atoms with Crippen molar-refractivity contribution in [2.24, 2.45) is 18.8 Å². The monoisotopic (exact) mass is 345 g/mol. The SMILES string of the molecule is CCOC1(C(NN)c2c(Br)nnn2C)CCC(C)CC1. The molecule has 2 rings (SSSR count). The fourth-order valence-corrected chi connectivity index (χ4v) is 3.74. The molecule has 0 radical (unpaired) electrons. The Kier molecular flexibility index (Phi) is 5.17. The van der Waals surface area contributed by atoms with Gasteiger partial charge in [0, 0.05) is 13.7 Å². The van der Waals surface area contributed by atoms with E-state index in [0.717, 1.165) is 41.9 Å². The molecule has 0 amide bonds. The molecule has 1 aromatic heterocycles. The van der Waals surface area contributed by atoms with Crippen LogP contribution in [0.4, 0.5) is 0 Å². The van der Waals surface area contributed by atoms with Gasteiger partial charge < -0.3 is 4.74 Å². The van der Waals surface area contributed by atoms with Gasteiger partial charge in [-0.25, -0.2) is 10.1 Å². The molecule has 0 saturated heterocycles. The number of rotatable bonds is 5.